The van der Waals surface area contributed by atoms with Gasteiger partial charge in [-0.1, -0.05) is 0 Å². The first kappa shape index (κ1) is 20.9. The van der Waals surface area contributed by atoms with Gasteiger partial charge in [0.15, 0.2) is 0 Å². The summed E-state index contributed by atoms with van der Waals surface area (Å²) in [4.78, 5) is 36.4. The minimum absolute atomic E-state index is 0.138. The van der Waals surface area contributed by atoms with Crippen molar-refractivity contribution in [1.82, 2.24) is 5.32 Å². The Hall–Kier alpha value is -2.45. The molecule has 2 rings (SSSR count). The van der Waals surface area contributed by atoms with Gasteiger partial charge in [-0.2, -0.15) is 0 Å². The first-order valence-electron chi connectivity index (χ1n) is 9.08. The fourth-order valence-electron chi connectivity index (χ4n) is 2.86. The second kappa shape index (κ2) is 9.48. The third-order valence-corrected chi connectivity index (χ3v) is 4.72. The molecule has 1 aliphatic rings. The van der Waals surface area contributed by atoms with Gasteiger partial charge in [-0.15, -0.1) is 0 Å². The van der Waals surface area contributed by atoms with Crippen molar-refractivity contribution in [1.29, 1.82) is 0 Å². The molecule has 0 radical (unpaired) electrons. The van der Waals surface area contributed by atoms with E-state index >= 15 is 0 Å². The first-order chi connectivity index (χ1) is 12.9. The Morgan fingerprint density at radius 3 is 2.41 bits per heavy atom. The zero-order valence-corrected chi connectivity index (χ0v) is 15.7. The summed E-state index contributed by atoms with van der Waals surface area (Å²) in [5.74, 6) is -1.02. The van der Waals surface area contributed by atoms with Crippen LogP contribution in [0.2, 0.25) is 0 Å². The summed E-state index contributed by atoms with van der Waals surface area (Å²) in [6, 6.07) is 5.72. The molecule has 4 N–H and O–H groups in total. The van der Waals surface area contributed by atoms with E-state index in [9.17, 15) is 14.4 Å². The summed E-state index contributed by atoms with van der Waals surface area (Å²) in [6.07, 6.45) is 1.17. The SMILES string of the molecule is CCOC(=O)C(C)NC(=O)c1ccc(NC(=O)C2(CN)CCOCC2)cc1. The molecule has 148 valence electrons. The van der Waals surface area contributed by atoms with Crippen molar-refractivity contribution >= 4 is 23.5 Å². The van der Waals surface area contributed by atoms with Crippen molar-refractivity contribution in [2.45, 2.75) is 32.7 Å². The van der Waals surface area contributed by atoms with Crippen molar-refractivity contribution in [3.63, 3.8) is 0 Å². The van der Waals surface area contributed by atoms with E-state index in [1.54, 1.807) is 38.1 Å². The summed E-state index contributed by atoms with van der Waals surface area (Å²) in [5, 5.41) is 5.44. The van der Waals surface area contributed by atoms with Crippen molar-refractivity contribution in [2.75, 3.05) is 31.7 Å². The minimum atomic E-state index is -0.741. The van der Waals surface area contributed by atoms with Gasteiger partial charge >= 0.3 is 5.97 Å². The summed E-state index contributed by atoms with van der Waals surface area (Å²) >= 11 is 0. The highest BCUT2D eigenvalue weighted by Crippen LogP contribution is 2.30. The summed E-state index contributed by atoms with van der Waals surface area (Å²) < 4.78 is 10.2. The Kier molecular flexibility index (Phi) is 7.32. The van der Waals surface area contributed by atoms with Gasteiger partial charge in [0.2, 0.25) is 5.91 Å². The molecular formula is C19H27N3O5. The average molecular weight is 377 g/mol. The summed E-state index contributed by atoms with van der Waals surface area (Å²) in [5.41, 5.74) is 6.18. The zero-order valence-electron chi connectivity index (χ0n) is 15.7. The lowest BCUT2D eigenvalue weighted by Gasteiger charge is -2.34. The van der Waals surface area contributed by atoms with Gasteiger partial charge < -0.3 is 25.8 Å². The number of anilines is 1. The number of carbonyl (C=O) groups excluding carboxylic acids is 3. The van der Waals surface area contributed by atoms with Crippen LogP contribution in [0.25, 0.3) is 0 Å². The molecule has 8 nitrogen and oxygen atoms in total. The highest BCUT2D eigenvalue weighted by molar-refractivity contribution is 5.98. The smallest absolute Gasteiger partial charge is 0.328 e. The van der Waals surface area contributed by atoms with Crippen LogP contribution in [0.3, 0.4) is 0 Å². The van der Waals surface area contributed by atoms with Crippen LogP contribution in [0.1, 0.15) is 37.0 Å². The Morgan fingerprint density at radius 1 is 1.22 bits per heavy atom. The van der Waals surface area contributed by atoms with Crippen LogP contribution in [-0.2, 0) is 19.1 Å². The molecule has 1 aromatic carbocycles. The molecule has 2 amide bonds. The number of nitrogens with two attached hydrogens (primary N) is 1. The molecule has 1 aromatic rings. The lowest BCUT2D eigenvalue weighted by molar-refractivity contribution is -0.144. The van der Waals surface area contributed by atoms with Crippen LogP contribution in [-0.4, -0.2) is 50.2 Å². The number of ether oxygens (including phenoxy) is 2. The van der Waals surface area contributed by atoms with Crippen molar-refractivity contribution in [3.8, 4) is 0 Å². The molecular weight excluding hydrogens is 350 g/mol. The summed E-state index contributed by atoms with van der Waals surface area (Å²) in [7, 11) is 0. The van der Waals surface area contributed by atoms with Crippen molar-refractivity contribution < 1.29 is 23.9 Å². The molecule has 1 saturated heterocycles. The molecule has 0 aliphatic carbocycles. The van der Waals surface area contributed by atoms with Crippen LogP contribution < -0.4 is 16.4 Å². The van der Waals surface area contributed by atoms with Crippen LogP contribution in [0.5, 0.6) is 0 Å². The molecule has 1 unspecified atom stereocenters. The van der Waals surface area contributed by atoms with Gasteiger partial charge in [-0.3, -0.25) is 9.59 Å². The van der Waals surface area contributed by atoms with Gasteiger partial charge in [0.25, 0.3) is 5.91 Å². The number of nitrogens with one attached hydrogen (secondary N) is 2. The average Bonchev–Trinajstić information content (AvgIpc) is 2.69. The van der Waals surface area contributed by atoms with Gasteiger partial charge in [0, 0.05) is 31.0 Å². The minimum Gasteiger partial charge on any atom is -0.464 e. The number of benzene rings is 1. The zero-order chi connectivity index (χ0) is 19.9. The fourth-order valence-corrected chi connectivity index (χ4v) is 2.86. The maximum Gasteiger partial charge on any atom is 0.328 e. The molecule has 1 aliphatic heterocycles. The molecule has 27 heavy (non-hydrogen) atoms. The van der Waals surface area contributed by atoms with Crippen LogP contribution in [0.15, 0.2) is 24.3 Å². The van der Waals surface area contributed by atoms with E-state index in [4.69, 9.17) is 15.2 Å². The Labute approximate surface area is 158 Å². The van der Waals surface area contributed by atoms with Gasteiger partial charge in [-0.05, 0) is 51.0 Å². The highest BCUT2D eigenvalue weighted by Gasteiger charge is 2.38. The van der Waals surface area contributed by atoms with Crippen molar-refractivity contribution in [2.24, 2.45) is 11.1 Å². The second-order valence-corrected chi connectivity index (χ2v) is 6.58. The van der Waals surface area contributed by atoms with E-state index in [0.717, 1.165) is 0 Å². The number of hydrogen-bond donors (Lipinski definition) is 3. The Morgan fingerprint density at radius 2 is 1.85 bits per heavy atom. The molecule has 1 heterocycles. The fraction of sp³-hybridized carbons (Fsp3) is 0.526. The van der Waals surface area contributed by atoms with E-state index in [1.807, 2.05) is 0 Å². The lowest BCUT2D eigenvalue weighted by Crippen LogP contribution is -2.46. The maximum atomic E-state index is 12.6. The third-order valence-electron chi connectivity index (χ3n) is 4.72. The topological polar surface area (TPSA) is 120 Å². The number of esters is 1. The largest absolute Gasteiger partial charge is 0.464 e. The van der Waals surface area contributed by atoms with Crippen LogP contribution in [0, 0.1) is 5.41 Å². The standard InChI is InChI=1S/C19H27N3O5/c1-3-27-17(24)13(2)21-16(23)14-4-6-15(7-5-14)22-18(25)19(12-20)8-10-26-11-9-19/h4-7,13H,3,8-12,20H2,1-2H3,(H,21,23)(H,22,25). The first-order valence-corrected chi connectivity index (χ1v) is 9.08. The molecule has 1 fully saturated rings. The van der Waals surface area contributed by atoms with Crippen molar-refractivity contribution in [3.05, 3.63) is 29.8 Å². The molecule has 8 heteroatoms. The van der Waals surface area contributed by atoms with E-state index in [2.05, 4.69) is 10.6 Å². The van der Waals surface area contributed by atoms with Gasteiger partial charge in [0.1, 0.15) is 6.04 Å². The monoisotopic (exact) mass is 377 g/mol. The molecule has 0 saturated carbocycles. The number of carbonyl (C=O) groups is 3. The van der Waals surface area contributed by atoms with Crippen LogP contribution in [0.4, 0.5) is 5.69 Å². The Balaban J connectivity index is 1.97. The van der Waals surface area contributed by atoms with E-state index < -0.39 is 23.3 Å². The van der Waals surface area contributed by atoms with E-state index in [1.165, 1.54) is 0 Å². The number of amides is 2. The third kappa shape index (κ3) is 5.27. The van der Waals surface area contributed by atoms with Gasteiger partial charge in [0.05, 0.1) is 12.0 Å². The molecule has 1 atom stereocenters. The van der Waals surface area contributed by atoms with Crippen LogP contribution >= 0.6 is 0 Å². The van der Waals surface area contributed by atoms with Gasteiger partial charge in [-0.25, -0.2) is 4.79 Å². The molecule has 0 spiro atoms. The molecule has 0 bridgehead atoms. The predicted octanol–water partition coefficient (Wildman–Crippen LogP) is 1.06. The molecule has 0 aromatic heterocycles. The normalized spacial score (nSPS) is 16.9. The van der Waals surface area contributed by atoms with E-state index in [-0.39, 0.29) is 19.1 Å². The second-order valence-electron chi connectivity index (χ2n) is 6.58. The predicted molar refractivity (Wildman–Crippen MR) is 100 cm³/mol. The Bertz CT molecular complexity index is 668. The maximum absolute atomic E-state index is 12.6. The number of rotatable bonds is 7. The highest BCUT2D eigenvalue weighted by atomic mass is 16.5. The quantitative estimate of drug-likeness (QED) is 0.611. The lowest BCUT2D eigenvalue weighted by atomic mass is 9.79. The number of hydrogen-bond acceptors (Lipinski definition) is 6. The van der Waals surface area contributed by atoms with E-state index in [0.29, 0.717) is 37.3 Å². The summed E-state index contributed by atoms with van der Waals surface area (Å²) in [6.45, 7) is 4.81.